The van der Waals surface area contributed by atoms with Crippen LogP contribution in [0.4, 0.5) is 5.69 Å². The normalized spacial score (nSPS) is 12.2. The molecule has 0 aliphatic carbocycles. The van der Waals surface area contributed by atoms with Crippen molar-refractivity contribution in [3.8, 4) is 11.1 Å². The van der Waals surface area contributed by atoms with E-state index in [4.69, 9.17) is 4.74 Å². The Morgan fingerprint density at radius 1 is 1.03 bits per heavy atom. The van der Waals surface area contributed by atoms with Crippen molar-refractivity contribution in [2.75, 3.05) is 7.11 Å². The van der Waals surface area contributed by atoms with E-state index in [2.05, 4.69) is 4.72 Å². The summed E-state index contributed by atoms with van der Waals surface area (Å²) in [5.41, 5.74) is 3.53. The van der Waals surface area contributed by atoms with Crippen molar-refractivity contribution in [2.24, 2.45) is 0 Å². The van der Waals surface area contributed by atoms with Gasteiger partial charge in [0, 0.05) is 18.2 Å². The molecule has 0 saturated heterocycles. The first-order valence-corrected chi connectivity index (χ1v) is 11.2. The summed E-state index contributed by atoms with van der Waals surface area (Å²) in [6, 6.07) is 16.6. The Kier molecular flexibility index (Phi) is 6.71. The van der Waals surface area contributed by atoms with E-state index >= 15 is 0 Å². The van der Waals surface area contributed by atoms with E-state index in [1.165, 1.54) is 19.2 Å². The molecule has 0 aliphatic heterocycles. The maximum atomic E-state index is 12.9. The number of aryl methyl sites for hydroxylation is 1. The second-order valence-corrected chi connectivity index (χ2v) is 8.91. The van der Waals surface area contributed by atoms with Crippen LogP contribution in [0.2, 0.25) is 0 Å². The summed E-state index contributed by atoms with van der Waals surface area (Å²) in [6.45, 7) is 3.62. The highest BCUT2D eigenvalue weighted by molar-refractivity contribution is 7.89. The van der Waals surface area contributed by atoms with Gasteiger partial charge in [-0.15, -0.1) is 0 Å². The summed E-state index contributed by atoms with van der Waals surface area (Å²) >= 11 is 0. The zero-order chi connectivity index (χ0) is 23.5. The topological polar surface area (TPSA) is 116 Å². The Balaban J connectivity index is 1.94. The van der Waals surface area contributed by atoms with Crippen molar-refractivity contribution in [2.45, 2.75) is 24.8 Å². The van der Waals surface area contributed by atoms with E-state index in [1.54, 1.807) is 31.2 Å². The van der Waals surface area contributed by atoms with Crippen LogP contribution in [0.15, 0.2) is 71.6 Å². The number of nitrogens with one attached hydrogen (secondary N) is 1. The van der Waals surface area contributed by atoms with E-state index in [1.807, 2.05) is 25.1 Å². The molecule has 0 aromatic heterocycles. The summed E-state index contributed by atoms with van der Waals surface area (Å²) in [7, 11) is -2.61. The predicted molar refractivity (Wildman–Crippen MR) is 120 cm³/mol. The number of non-ortho nitro benzene ring substituents is 1. The molecule has 3 rings (SSSR count). The van der Waals surface area contributed by atoms with Crippen LogP contribution in [0.25, 0.3) is 11.1 Å². The molecule has 0 saturated carbocycles. The fourth-order valence-corrected chi connectivity index (χ4v) is 4.73. The third-order valence-electron chi connectivity index (χ3n) is 5.06. The third kappa shape index (κ3) is 4.84. The highest BCUT2D eigenvalue weighted by Crippen LogP contribution is 2.32. The van der Waals surface area contributed by atoms with Crippen LogP contribution in [-0.4, -0.2) is 26.4 Å². The lowest BCUT2D eigenvalue weighted by Crippen LogP contribution is -2.27. The highest BCUT2D eigenvalue weighted by Gasteiger charge is 2.22. The number of hydrogen-bond donors (Lipinski definition) is 1. The van der Waals surface area contributed by atoms with Gasteiger partial charge in [0.15, 0.2) is 0 Å². The van der Waals surface area contributed by atoms with Gasteiger partial charge in [0.2, 0.25) is 10.0 Å². The summed E-state index contributed by atoms with van der Waals surface area (Å²) in [6.07, 6.45) is 0. The van der Waals surface area contributed by atoms with Crippen LogP contribution >= 0.6 is 0 Å². The Morgan fingerprint density at radius 3 is 2.22 bits per heavy atom. The van der Waals surface area contributed by atoms with Crippen LogP contribution in [0.5, 0.6) is 0 Å². The largest absolute Gasteiger partial charge is 0.465 e. The molecular weight excluding hydrogens is 432 g/mol. The van der Waals surface area contributed by atoms with E-state index in [0.29, 0.717) is 5.56 Å². The van der Waals surface area contributed by atoms with Crippen LogP contribution in [0, 0.1) is 17.0 Å². The van der Waals surface area contributed by atoms with Gasteiger partial charge in [-0.3, -0.25) is 10.1 Å². The standard InChI is InChI=1S/C23H22N2O6S/c1-15-5-4-6-21(17-7-9-18(10-8-17)23(26)31-3)22(15)16(2)24-32(29,30)20-13-11-19(12-14-20)25(27)28/h4-14,16,24H,1-3H3/t16-/m1/s1. The molecule has 3 aromatic carbocycles. The first-order chi connectivity index (χ1) is 15.1. The average Bonchev–Trinajstić information content (AvgIpc) is 2.78. The Hall–Kier alpha value is -3.56. The van der Waals surface area contributed by atoms with Gasteiger partial charge in [0.1, 0.15) is 0 Å². The second kappa shape index (κ2) is 9.29. The van der Waals surface area contributed by atoms with Gasteiger partial charge in [-0.2, -0.15) is 0 Å². The van der Waals surface area contributed by atoms with Crippen molar-refractivity contribution in [3.63, 3.8) is 0 Å². The maximum Gasteiger partial charge on any atom is 0.337 e. The molecule has 166 valence electrons. The number of hydrogen-bond acceptors (Lipinski definition) is 6. The summed E-state index contributed by atoms with van der Waals surface area (Å²) in [5, 5.41) is 10.8. The van der Waals surface area contributed by atoms with Crippen molar-refractivity contribution in [3.05, 3.63) is 93.5 Å². The van der Waals surface area contributed by atoms with Crippen molar-refractivity contribution < 1.29 is 22.9 Å². The molecule has 0 bridgehead atoms. The lowest BCUT2D eigenvalue weighted by Gasteiger charge is -2.21. The van der Waals surface area contributed by atoms with Crippen molar-refractivity contribution in [1.82, 2.24) is 4.72 Å². The molecule has 0 heterocycles. The molecule has 0 aliphatic rings. The third-order valence-corrected chi connectivity index (χ3v) is 6.62. The van der Waals surface area contributed by atoms with Gasteiger partial charge in [0.05, 0.1) is 22.5 Å². The number of carbonyl (C=O) groups excluding carboxylic acids is 1. The summed E-state index contributed by atoms with van der Waals surface area (Å²) < 4.78 is 33.1. The number of nitrogens with zero attached hydrogens (tertiary/aromatic N) is 1. The number of ether oxygens (including phenoxy) is 1. The summed E-state index contributed by atoms with van der Waals surface area (Å²) in [4.78, 5) is 21.9. The molecular formula is C23H22N2O6S. The Morgan fingerprint density at radius 2 is 1.66 bits per heavy atom. The summed E-state index contributed by atoms with van der Waals surface area (Å²) in [5.74, 6) is -0.440. The molecule has 9 heteroatoms. The lowest BCUT2D eigenvalue weighted by atomic mass is 9.92. The maximum absolute atomic E-state index is 12.9. The smallest absolute Gasteiger partial charge is 0.337 e. The van der Waals surface area contributed by atoms with Crippen molar-refractivity contribution >= 4 is 21.7 Å². The van der Waals surface area contributed by atoms with Gasteiger partial charge in [-0.05, 0) is 60.4 Å². The lowest BCUT2D eigenvalue weighted by molar-refractivity contribution is -0.384. The molecule has 32 heavy (non-hydrogen) atoms. The highest BCUT2D eigenvalue weighted by atomic mass is 32.2. The number of sulfonamides is 1. The van der Waals surface area contributed by atoms with E-state index < -0.39 is 27.0 Å². The minimum absolute atomic E-state index is 0.0625. The van der Waals surface area contributed by atoms with Gasteiger partial charge in [-0.1, -0.05) is 30.3 Å². The fourth-order valence-electron chi connectivity index (χ4n) is 3.52. The minimum Gasteiger partial charge on any atom is -0.465 e. The van der Waals surface area contributed by atoms with Crippen molar-refractivity contribution in [1.29, 1.82) is 0 Å². The predicted octanol–water partition coefficient (Wildman–Crippen LogP) is 4.40. The minimum atomic E-state index is -3.92. The van der Waals surface area contributed by atoms with Gasteiger partial charge < -0.3 is 4.74 Å². The molecule has 8 nitrogen and oxygen atoms in total. The first-order valence-electron chi connectivity index (χ1n) is 9.69. The monoisotopic (exact) mass is 454 g/mol. The number of nitro benzene ring substituents is 1. The molecule has 3 aromatic rings. The number of carbonyl (C=O) groups is 1. The number of esters is 1. The average molecular weight is 455 g/mol. The van der Waals surface area contributed by atoms with Crippen LogP contribution in [0.3, 0.4) is 0 Å². The van der Waals surface area contributed by atoms with Crippen LogP contribution in [-0.2, 0) is 14.8 Å². The first kappa shape index (κ1) is 23.1. The van der Waals surface area contributed by atoms with Crippen LogP contribution in [0.1, 0.15) is 34.5 Å². The zero-order valence-electron chi connectivity index (χ0n) is 17.7. The Bertz CT molecular complexity index is 1250. The van der Waals surface area contributed by atoms with E-state index in [9.17, 15) is 23.3 Å². The van der Waals surface area contributed by atoms with Crippen LogP contribution < -0.4 is 4.72 Å². The second-order valence-electron chi connectivity index (χ2n) is 7.20. The molecule has 1 N–H and O–H groups in total. The molecule has 0 fully saturated rings. The molecule has 0 radical (unpaired) electrons. The van der Waals surface area contributed by atoms with Gasteiger partial charge in [0.25, 0.3) is 5.69 Å². The van der Waals surface area contributed by atoms with Gasteiger partial charge >= 0.3 is 5.97 Å². The number of rotatable bonds is 7. The number of benzene rings is 3. The fraction of sp³-hybridized carbons (Fsp3) is 0.174. The number of nitro groups is 1. The van der Waals surface area contributed by atoms with Gasteiger partial charge in [-0.25, -0.2) is 17.9 Å². The van der Waals surface area contributed by atoms with E-state index in [0.717, 1.165) is 34.4 Å². The molecule has 0 spiro atoms. The SMILES string of the molecule is COC(=O)c1ccc(-c2cccc(C)c2[C@@H](C)NS(=O)(=O)c2ccc([N+](=O)[O-])cc2)cc1. The molecule has 0 amide bonds. The number of methoxy groups -OCH3 is 1. The molecule has 1 atom stereocenters. The molecule has 0 unspecified atom stereocenters. The zero-order valence-corrected chi connectivity index (χ0v) is 18.5. The Labute approximate surface area is 186 Å². The van der Waals surface area contributed by atoms with E-state index in [-0.39, 0.29) is 10.6 Å². The quantitative estimate of drug-likeness (QED) is 0.321.